The number of amides is 1. The van der Waals surface area contributed by atoms with Crippen LogP contribution in [0.4, 0.5) is 0 Å². The molecule has 3 heterocycles. The number of nitrogens with zero attached hydrogens (tertiary/aromatic N) is 2. The zero-order valence-electron chi connectivity index (χ0n) is 13.0. The van der Waals surface area contributed by atoms with Gasteiger partial charge in [0.1, 0.15) is 6.10 Å². The molecule has 2 aliphatic heterocycles. The molecule has 0 radical (unpaired) electrons. The molecular weight excluding hydrogens is 318 g/mol. The lowest BCUT2D eigenvalue weighted by Gasteiger charge is -2.32. The molecule has 0 unspecified atom stereocenters. The Kier molecular flexibility index (Phi) is 4.65. The third-order valence-electron chi connectivity index (χ3n) is 4.45. The van der Waals surface area contributed by atoms with Gasteiger partial charge in [0.25, 0.3) is 0 Å². The third-order valence-corrected chi connectivity index (χ3v) is 5.72. The molecule has 8 heteroatoms. The second-order valence-electron chi connectivity index (χ2n) is 6.11. The summed E-state index contributed by atoms with van der Waals surface area (Å²) in [6.07, 6.45) is 3.58. The summed E-state index contributed by atoms with van der Waals surface area (Å²) >= 11 is 0. The molecule has 0 saturated carbocycles. The zero-order valence-corrected chi connectivity index (χ0v) is 13.8. The van der Waals surface area contributed by atoms with Crippen molar-refractivity contribution in [1.29, 1.82) is 0 Å². The van der Waals surface area contributed by atoms with E-state index >= 15 is 0 Å². The van der Waals surface area contributed by atoms with Crippen molar-refractivity contribution < 1.29 is 17.9 Å². The molecule has 2 fully saturated rings. The number of hydrogen-bond acceptors (Lipinski definition) is 5. The Balaban J connectivity index is 1.54. The van der Waals surface area contributed by atoms with Gasteiger partial charge in [0.05, 0.1) is 24.6 Å². The van der Waals surface area contributed by atoms with Crippen LogP contribution in [0.25, 0.3) is 0 Å². The van der Waals surface area contributed by atoms with Crippen molar-refractivity contribution in [2.75, 3.05) is 19.3 Å². The van der Waals surface area contributed by atoms with E-state index in [-0.39, 0.29) is 17.9 Å². The van der Waals surface area contributed by atoms with Crippen molar-refractivity contribution in [3.05, 3.63) is 30.1 Å². The summed E-state index contributed by atoms with van der Waals surface area (Å²) in [7, 11) is -3.20. The van der Waals surface area contributed by atoms with Crippen molar-refractivity contribution >= 4 is 15.9 Å². The number of rotatable bonds is 4. The summed E-state index contributed by atoms with van der Waals surface area (Å²) in [5, 5.41) is 2.83. The van der Waals surface area contributed by atoms with E-state index in [2.05, 4.69) is 10.3 Å². The van der Waals surface area contributed by atoms with Crippen LogP contribution in [0.1, 0.15) is 18.5 Å². The monoisotopic (exact) mass is 339 g/mol. The van der Waals surface area contributed by atoms with Crippen LogP contribution in [0.15, 0.2) is 24.4 Å². The molecule has 0 spiro atoms. The molecule has 1 aromatic rings. The second-order valence-corrected chi connectivity index (χ2v) is 8.09. The molecule has 2 aliphatic rings. The highest BCUT2D eigenvalue weighted by atomic mass is 32.2. The van der Waals surface area contributed by atoms with Crippen LogP contribution in [-0.2, 0) is 26.1 Å². The summed E-state index contributed by atoms with van der Waals surface area (Å²) in [5.74, 6) is 0.0922. The van der Waals surface area contributed by atoms with E-state index in [1.54, 1.807) is 6.20 Å². The fourth-order valence-corrected chi connectivity index (χ4v) is 4.02. The van der Waals surface area contributed by atoms with E-state index in [4.69, 9.17) is 4.74 Å². The highest BCUT2D eigenvalue weighted by Gasteiger charge is 2.43. The number of ether oxygens (including phenoxy) is 1. The predicted octanol–water partition coefficient (Wildman–Crippen LogP) is 0.137. The lowest BCUT2D eigenvalue weighted by Crippen LogP contribution is -2.45. The number of carbonyl (C=O) groups excluding carboxylic acids is 1. The Morgan fingerprint density at radius 3 is 3.00 bits per heavy atom. The Bertz CT molecular complexity index is 665. The Morgan fingerprint density at radius 1 is 1.48 bits per heavy atom. The largest absolute Gasteiger partial charge is 0.363 e. The third kappa shape index (κ3) is 3.88. The molecule has 1 N–H and O–H groups in total. The van der Waals surface area contributed by atoms with Gasteiger partial charge in [-0.2, -0.15) is 4.31 Å². The van der Waals surface area contributed by atoms with Gasteiger partial charge < -0.3 is 10.1 Å². The molecule has 3 rings (SSSR count). The van der Waals surface area contributed by atoms with Crippen LogP contribution in [0, 0.1) is 5.92 Å². The smallest absolute Gasteiger partial charge is 0.249 e. The molecule has 1 aromatic heterocycles. The molecule has 0 aromatic carbocycles. The van der Waals surface area contributed by atoms with Gasteiger partial charge in [0.15, 0.2) is 0 Å². The van der Waals surface area contributed by atoms with Crippen molar-refractivity contribution in [2.45, 2.75) is 31.6 Å². The number of aromatic nitrogens is 1. The highest BCUT2D eigenvalue weighted by Crippen LogP contribution is 2.34. The fraction of sp³-hybridized carbons (Fsp3) is 0.600. The minimum Gasteiger partial charge on any atom is -0.363 e. The van der Waals surface area contributed by atoms with Gasteiger partial charge in [-0.3, -0.25) is 9.78 Å². The molecule has 126 valence electrons. The number of nitrogens with one attached hydrogen (secondary N) is 1. The molecule has 1 amide bonds. The quantitative estimate of drug-likeness (QED) is 0.843. The SMILES string of the molecule is CS(=O)(=O)N1CC[C@@H]2C[C@@H](C(=O)NCc3ccccn3)O[C@H]2C1. The normalized spacial score (nSPS) is 28.3. The molecule has 0 bridgehead atoms. The molecule has 2 saturated heterocycles. The summed E-state index contributed by atoms with van der Waals surface area (Å²) < 4.78 is 30.5. The number of pyridine rings is 1. The standard InChI is InChI=1S/C15H21N3O4S/c1-23(20,21)18-7-5-11-8-13(22-14(11)10-18)15(19)17-9-12-4-2-3-6-16-12/h2-4,6,11,13-14H,5,7-10H2,1H3,(H,17,19)/t11-,13+,14+/m1/s1. The van der Waals surface area contributed by atoms with Crippen molar-refractivity contribution in [2.24, 2.45) is 5.92 Å². The van der Waals surface area contributed by atoms with Crippen LogP contribution in [0.5, 0.6) is 0 Å². The lowest BCUT2D eigenvalue weighted by molar-refractivity contribution is -0.132. The van der Waals surface area contributed by atoms with Crippen LogP contribution < -0.4 is 5.32 Å². The Morgan fingerprint density at radius 2 is 2.30 bits per heavy atom. The van der Waals surface area contributed by atoms with Gasteiger partial charge in [0, 0.05) is 19.3 Å². The van der Waals surface area contributed by atoms with E-state index in [1.165, 1.54) is 10.6 Å². The predicted molar refractivity (Wildman–Crippen MR) is 83.9 cm³/mol. The topological polar surface area (TPSA) is 88.6 Å². The minimum absolute atomic E-state index is 0.157. The first-order valence-corrected chi connectivity index (χ1v) is 9.56. The lowest BCUT2D eigenvalue weighted by atomic mass is 9.93. The van der Waals surface area contributed by atoms with E-state index in [1.807, 2.05) is 18.2 Å². The maximum Gasteiger partial charge on any atom is 0.249 e. The average Bonchev–Trinajstić information content (AvgIpc) is 2.96. The molecule has 3 atom stereocenters. The van der Waals surface area contributed by atoms with E-state index in [9.17, 15) is 13.2 Å². The zero-order chi connectivity index (χ0) is 16.4. The first-order chi connectivity index (χ1) is 10.9. The van der Waals surface area contributed by atoms with Gasteiger partial charge in [-0.15, -0.1) is 0 Å². The number of carbonyl (C=O) groups is 1. The van der Waals surface area contributed by atoms with Crippen molar-refractivity contribution in [1.82, 2.24) is 14.6 Å². The van der Waals surface area contributed by atoms with Crippen LogP contribution in [0.3, 0.4) is 0 Å². The number of hydrogen-bond donors (Lipinski definition) is 1. The fourth-order valence-electron chi connectivity index (χ4n) is 3.17. The number of piperidine rings is 1. The second kappa shape index (κ2) is 6.54. The van der Waals surface area contributed by atoms with Crippen molar-refractivity contribution in [3.63, 3.8) is 0 Å². The Hall–Kier alpha value is -1.51. The summed E-state index contributed by atoms with van der Waals surface area (Å²) in [4.78, 5) is 16.4. The first kappa shape index (κ1) is 16.4. The molecule has 0 aliphatic carbocycles. The van der Waals surface area contributed by atoms with Gasteiger partial charge >= 0.3 is 0 Å². The maximum atomic E-state index is 12.2. The van der Waals surface area contributed by atoms with E-state index < -0.39 is 16.1 Å². The van der Waals surface area contributed by atoms with E-state index in [0.717, 1.165) is 12.1 Å². The first-order valence-electron chi connectivity index (χ1n) is 7.71. The van der Waals surface area contributed by atoms with Crippen LogP contribution >= 0.6 is 0 Å². The summed E-state index contributed by atoms with van der Waals surface area (Å²) in [6, 6.07) is 5.54. The van der Waals surface area contributed by atoms with Crippen molar-refractivity contribution in [3.8, 4) is 0 Å². The summed E-state index contributed by atoms with van der Waals surface area (Å²) in [5.41, 5.74) is 0.791. The summed E-state index contributed by atoms with van der Waals surface area (Å²) in [6.45, 7) is 1.21. The number of sulfonamides is 1. The van der Waals surface area contributed by atoms with Crippen LogP contribution in [-0.4, -0.2) is 55.2 Å². The van der Waals surface area contributed by atoms with E-state index in [0.29, 0.717) is 26.1 Å². The average molecular weight is 339 g/mol. The highest BCUT2D eigenvalue weighted by molar-refractivity contribution is 7.88. The molecule has 23 heavy (non-hydrogen) atoms. The van der Waals surface area contributed by atoms with Gasteiger partial charge in [-0.05, 0) is 30.9 Å². The van der Waals surface area contributed by atoms with Gasteiger partial charge in [0.2, 0.25) is 15.9 Å². The van der Waals surface area contributed by atoms with Gasteiger partial charge in [-0.25, -0.2) is 8.42 Å². The minimum atomic E-state index is -3.20. The molecule has 7 nitrogen and oxygen atoms in total. The van der Waals surface area contributed by atoms with Crippen LogP contribution in [0.2, 0.25) is 0 Å². The Labute approximate surface area is 136 Å². The number of fused-ring (bicyclic) bond motifs is 1. The van der Waals surface area contributed by atoms with Gasteiger partial charge in [-0.1, -0.05) is 6.07 Å². The molecular formula is C15H21N3O4S. The maximum absolute atomic E-state index is 12.2.